The average molecular weight is 285 g/mol. The lowest BCUT2D eigenvalue weighted by Gasteiger charge is -2.01. The summed E-state index contributed by atoms with van der Waals surface area (Å²) in [4.78, 5) is 13.3. The number of aliphatic hydroxyl groups excluding tert-OH is 1. The van der Waals surface area contributed by atoms with Gasteiger partial charge in [0.1, 0.15) is 17.5 Å². The normalized spacial score (nSPS) is 12.4. The van der Waals surface area contributed by atoms with Crippen molar-refractivity contribution >= 4 is 5.69 Å². The molecule has 1 atom stereocenters. The van der Waals surface area contributed by atoms with Crippen molar-refractivity contribution in [2.45, 2.75) is 19.4 Å². The Morgan fingerprint density at radius 2 is 2.20 bits per heavy atom. The Bertz CT molecular complexity index is 659. The molecule has 20 heavy (non-hydrogen) atoms. The molecule has 1 aromatic carbocycles. The van der Waals surface area contributed by atoms with Gasteiger partial charge < -0.3 is 9.63 Å². The van der Waals surface area contributed by atoms with Crippen LogP contribution >= 0.6 is 0 Å². The van der Waals surface area contributed by atoms with Crippen molar-refractivity contribution in [3.63, 3.8) is 0 Å². The van der Waals surface area contributed by atoms with Crippen LogP contribution in [0.4, 0.5) is 14.5 Å². The number of hydrogen-bond acceptors (Lipinski definition) is 6. The molecular weight excluding hydrogens is 276 g/mol. The van der Waals surface area contributed by atoms with Crippen LogP contribution < -0.4 is 0 Å². The van der Waals surface area contributed by atoms with Crippen LogP contribution in [-0.2, 0) is 0 Å². The van der Waals surface area contributed by atoms with Crippen molar-refractivity contribution < 1.29 is 23.3 Å². The number of benzene rings is 1. The zero-order valence-corrected chi connectivity index (χ0v) is 10.2. The van der Waals surface area contributed by atoms with Crippen LogP contribution in [0.3, 0.4) is 0 Å². The lowest BCUT2D eigenvalue weighted by atomic mass is 10.1. The van der Waals surface area contributed by atoms with Gasteiger partial charge >= 0.3 is 5.69 Å². The van der Waals surface area contributed by atoms with E-state index in [4.69, 9.17) is 0 Å². The van der Waals surface area contributed by atoms with Crippen molar-refractivity contribution in [1.29, 1.82) is 0 Å². The summed E-state index contributed by atoms with van der Waals surface area (Å²) in [5, 5.41) is 23.5. The van der Waals surface area contributed by atoms with Crippen molar-refractivity contribution in [1.82, 2.24) is 10.1 Å². The van der Waals surface area contributed by atoms with Crippen LogP contribution in [0.2, 0.25) is 0 Å². The van der Waals surface area contributed by atoms with Crippen LogP contribution in [-0.4, -0.2) is 20.2 Å². The van der Waals surface area contributed by atoms with E-state index in [-0.39, 0.29) is 12.2 Å². The highest BCUT2D eigenvalue weighted by atomic mass is 19.1. The van der Waals surface area contributed by atoms with Gasteiger partial charge in [-0.25, -0.2) is 4.39 Å². The van der Waals surface area contributed by atoms with E-state index < -0.39 is 39.8 Å². The molecule has 0 aliphatic heterocycles. The maximum Gasteiger partial charge on any atom is 0.305 e. The van der Waals surface area contributed by atoms with Crippen molar-refractivity contribution in [3.8, 4) is 11.5 Å². The molecule has 9 heteroatoms. The molecular formula is C11H9F2N3O4. The van der Waals surface area contributed by atoms with Gasteiger partial charge in [0.25, 0.3) is 5.89 Å². The molecule has 1 N–H and O–H groups in total. The van der Waals surface area contributed by atoms with Gasteiger partial charge in [0.2, 0.25) is 11.6 Å². The predicted octanol–water partition coefficient (Wildman–Crippen LogP) is 2.37. The summed E-state index contributed by atoms with van der Waals surface area (Å²) in [5.74, 6) is -3.19. The first-order chi connectivity index (χ1) is 9.45. The van der Waals surface area contributed by atoms with E-state index in [9.17, 15) is 24.0 Å². The Morgan fingerprint density at radius 3 is 2.80 bits per heavy atom. The first-order valence-corrected chi connectivity index (χ1v) is 5.60. The lowest BCUT2D eigenvalue weighted by molar-refractivity contribution is -0.387. The molecule has 0 amide bonds. The third-order valence-corrected chi connectivity index (χ3v) is 2.61. The highest BCUT2D eigenvalue weighted by Gasteiger charge is 2.27. The van der Waals surface area contributed by atoms with Gasteiger partial charge in [-0.05, 0) is 12.5 Å². The molecule has 0 saturated carbocycles. The average Bonchev–Trinajstić information content (AvgIpc) is 2.87. The number of halogens is 2. The van der Waals surface area contributed by atoms with Gasteiger partial charge in [-0.2, -0.15) is 9.37 Å². The van der Waals surface area contributed by atoms with Crippen LogP contribution in [0.5, 0.6) is 0 Å². The van der Waals surface area contributed by atoms with E-state index in [1.54, 1.807) is 6.92 Å². The molecule has 0 aliphatic carbocycles. The Morgan fingerprint density at radius 1 is 1.50 bits per heavy atom. The Labute approximate surface area is 111 Å². The molecule has 2 rings (SSSR count). The molecule has 0 bridgehead atoms. The fourth-order valence-electron chi connectivity index (χ4n) is 1.53. The van der Waals surface area contributed by atoms with Crippen molar-refractivity contribution in [2.24, 2.45) is 0 Å². The van der Waals surface area contributed by atoms with E-state index in [1.807, 2.05) is 0 Å². The Hall–Kier alpha value is -2.42. The van der Waals surface area contributed by atoms with E-state index in [0.29, 0.717) is 6.07 Å². The molecule has 2 aromatic rings. The van der Waals surface area contributed by atoms with E-state index >= 15 is 0 Å². The van der Waals surface area contributed by atoms with Gasteiger partial charge in [-0.1, -0.05) is 12.1 Å². The Balaban J connectivity index is 2.55. The monoisotopic (exact) mass is 285 g/mol. The zero-order chi connectivity index (χ0) is 14.9. The highest BCUT2D eigenvalue weighted by molar-refractivity contribution is 5.60. The molecule has 0 fully saturated rings. The molecule has 106 valence electrons. The topological polar surface area (TPSA) is 102 Å². The second-order valence-electron chi connectivity index (χ2n) is 3.89. The summed E-state index contributed by atoms with van der Waals surface area (Å²) < 4.78 is 32.2. The Kier molecular flexibility index (Phi) is 3.70. The van der Waals surface area contributed by atoms with E-state index in [2.05, 4.69) is 14.7 Å². The zero-order valence-electron chi connectivity index (χ0n) is 10.2. The molecule has 0 saturated heterocycles. The number of aliphatic hydroxyl groups is 1. The first kappa shape index (κ1) is 14.0. The maximum atomic E-state index is 13.9. The van der Waals surface area contributed by atoms with E-state index in [0.717, 1.165) is 6.07 Å². The number of aromatic nitrogens is 2. The van der Waals surface area contributed by atoms with Gasteiger partial charge in [-0.3, -0.25) is 10.1 Å². The smallest absolute Gasteiger partial charge is 0.305 e. The molecule has 0 aliphatic rings. The molecule has 7 nitrogen and oxygen atoms in total. The predicted molar refractivity (Wildman–Crippen MR) is 61.6 cm³/mol. The lowest BCUT2D eigenvalue weighted by Crippen LogP contribution is -1.99. The van der Waals surface area contributed by atoms with Crippen LogP contribution in [0, 0.1) is 21.7 Å². The van der Waals surface area contributed by atoms with E-state index in [1.165, 1.54) is 0 Å². The summed E-state index contributed by atoms with van der Waals surface area (Å²) >= 11 is 0. The summed E-state index contributed by atoms with van der Waals surface area (Å²) in [6.07, 6.45) is -0.767. The summed E-state index contributed by atoms with van der Waals surface area (Å²) in [6.45, 7) is 1.65. The van der Waals surface area contributed by atoms with Gasteiger partial charge in [0, 0.05) is 6.07 Å². The van der Waals surface area contributed by atoms with Crippen LogP contribution in [0.25, 0.3) is 11.5 Å². The minimum absolute atomic E-state index is 0.146. The largest absolute Gasteiger partial charge is 0.385 e. The van der Waals surface area contributed by atoms with Crippen LogP contribution in [0.1, 0.15) is 25.3 Å². The molecule has 0 spiro atoms. The highest BCUT2D eigenvalue weighted by Crippen LogP contribution is 2.31. The summed E-state index contributed by atoms with van der Waals surface area (Å²) in [7, 11) is 0. The number of nitrogens with zero attached hydrogens (tertiary/aromatic N) is 3. The minimum atomic E-state index is -1.41. The quantitative estimate of drug-likeness (QED) is 0.683. The fourth-order valence-corrected chi connectivity index (χ4v) is 1.53. The number of hydrogen-bond donors (Lipinski definition) is 1. The SMILES string of the molecule is CCC(O)c1noc(-c2c(F)ccc([N+](=O)[O-])c2F)n1. The third kappa shape index (κ3) is 2.35. The van der Waals surface area contributed by atoms with Crippen molar-refractivity contribution in [3.05, 3.63) is 39.7 Å². The molecule has 1 heterocycles. The van der Waals surface area contributed by atoms with Crippen LogP contribution in [0.15, 0.2) is 16.7 Å². The second kappa shape index (κ2) is 5.29. The van der Waals surface area contributed by atoms with Crippen molar-refractivity contribution in [2.75, 3.05) is 0 Å². The van der Waals surface area contributed by atoms with Gasteiger partial charge in [0.15, 0.2) is 0 Å². The van der Waals surface area contributed by atoms with Gasteiger partial charge in [-0.15, -0.1) is 0 Å². The summed E-state index contributed by atoms with van der Waals surface area (Å²) in [5.41, 5.74) is -1.70. The molecule has 1 aromatic heterocycles. The minimum Gasteiger partial charge on any atom is -0.385 e. The maximum absolute atomic E-state index is 13.9. The first-order valence-electron chi connectivity index (χ1n) is 5.60. The summed E-state index contributed by atoms with van der Waals surface area (Å²) in [6, 6.07) is 1.43. The molecule has 0 radical (unpaired) electrons. The second-order valence-corrected chi connectivity index (χ2v) is 3.89. The molecule has 1 unspecified atom stereocenters. The number of nitro groups is 1. The number of rotatable bonds is 4. The fraction of sp³-hybridized carbons (Fsp3) is 0.273. The van der Waals surface area contributed by atoms with Gasteiger partial charge in [0.05, 0.1) is 4.92 Å². The number of nitro benzene ring substituents is 1. The standard InChI is InChI=1S/C11H9F2N3O4/c1-2-7(17)10-14-11(20-15-10)8-5(12)3-4-6(9(8)13)16(18)19/h3-4,7,17H,2H2,1H3. The third-order valence-electron chi connectivity index (χ3n) is 2.61.